The van der Waals surface area contributed by atoms with E-state index in [0.717, 1.165) is 16.5 Å². The van der Waals surface area contributed by atoms with Crippen LogP contribution in [-0.2, 0) is 6.42 Å². The molecule has 0 aliphatic heterocycles. The Balaban J connectivity index is 2.17. The number of aryl methyl sites for hydroxylation is 1. The first-order valence-electron chi connectivity index (χ1n) is 5.19. The maximum atomic E-state index is 6.18. The van der Waals surface area contributed by atoms with Gasteiger partial charge in [0.15, 0.2) is 0 Å². The zero-order valence-electron chi connectivity index (χ0n) is 9.11. The first-order chi connectivity index (χ1) is 7.66. The van der Waals surface area contributed by atoms with E-state index in [1.54, 1.807) is 12.5 Å². The minimum atomic E-state index is 0.0192. The van der Waals surface area contributed by atoms with E-state index in [-0.39, 0.29) is 6.04 Å². The van der Waals surface area contributed by atoms with Crippen LogP contribution < -0.4 is 5.73 Å². The van der Waals surface area contributed by atoms with Crippen LogP contribution in [0.15, 0.2) is 45.7 Å². The predicted octanol–water partition coefficient (Wildman–Crippen LogP) is 3.59. The zero-order valence-corrected chi connectivity index (χ0v) is 10.7. The van der Waals surface area contributed by atoms with Gasteiger partial charge >= 0.3 is 0 Å². The van der Waals surface area contributed by atoms with Gasteiger partial charge in [-0.2, -0.15) is 0 Å². The summed E-state index contributed by atoms with van der Waals surface area (Å²) in [6.45, 7) is 2.08. The van der Waals surface area contributed by atoms with Gasteiger partial charge in [0.25, 0.3) is 0 Å². The molecule has 1 atom stereocenters. The van der Waals surface area contributed by atoms with Crippen LogP contribution >= 0.6 is 15.9 Å². The Morgan fingerprint density at radius 2 is 2.19 bits per heavy atom. The number of hydrogen-bond acceptors (Lipinski definition) is 2. The molecule has 0 fully saturated rings. The minimum absolute atomic E-state index is 0.0192. The maximum Gasteiger partial charge on any atom is 0.0935 e. The van der Waals surface area contributed by atoms with Gasteiger partial charge in [0.1, 0.15) is 0 Å². The van der Waals surface area contributed by atoms with E-state index in [0.29, 0.717) is 0 Å². The van der Waals surface area contributed by atoms with Crippen molar-refractivity contribution < 1.29 is 4.42 Å². The molecule has 2 aromatic rings. The van der Waals surface area contributed by atoms with Gasteiger partial charge < -0.3 is 10.2 Å². The maximum absolute atomic E-state index is 6.18. The Bertz CT molecular complexity index is 465. The van der Waals surface area contributed by atoms with E-state index < -0.39 is 0 Å². The molecule has 0 aliphatic rings. The van der Waals surface area contributed by atoms with Gasteiger partial charge in [-0.15, -0.1) is 0 Å². The number of benzene rings is 1. The lowest BCUT2D eigenvalue weighted by molar-refractivity contribution is 0.561. The van der Waals surface area contributed by atoms with Crippen LogP contribution in [0.3, 0.4) is 0 Å². The van der Waals surface area contributed by atoms with Crippen LogP contribution in [0.5, 0.6) is 0 Å². The SMILES string of the molecule is Cc1cc(Br)ccc1C(N)Cc1ccoc1. The first-order valence-corrected chi connectivity index (χ1v) is 5.99. The van der Waals surface area contributed by atoms with Crippen molar-refractivity contribution in [2.75, 3.05) is 0 Å². The minimum Gasteiger partial charge on any atom is -0.472 e. The fourth-order valence-electron chi connectivity index (χ4n) is 1.83. The number of halogens is 1. The van der Waals surface area contributed by atoms with Crippen molar-refractivity contribution in [2.45, 2.75) is 19.4 Å². The Kier molecular flexibility index (Phi) is 3.46. The molecule has 0 bridgehead atoms. The predicted molar refractivity (Wildman–Crippen MR) is 68.2 cm³/mol. The second-order valence-corrected chi connectivity index (χ2v) is 4.86. The van der Waals surface area contributed by atoms with Crippen LogP contribution in [0.2, 0.25) is 0 Å². The zero-order chi connectivity index (χ0) is 11.5. The topological polar surface area (TPSA) is 39.2 Å². The molecule has 84 valence electrons. The largest absolute Gasteiger partial charge is 0.472 e. The van der Waals surface area contributed by atoms with Crippen molar-refractivity contribution in [1.29, 1.82) is 0 Å². The standard InChI is InChI=1S/C13H14BrNO/c1-9-6-11(14)2-3-12(9)13(15)7-10-4-5-16-8-10/h2-6,8,13H,7,15H2,1H3. The quantitative estimate of drug-likeness (QED) is 0.933. The first kappa shape index (κ1) is 11.4. The van der Waals surface area contributed by atoms with E-state index in [1.807, 2.05) is 12.1 Å². The number of furan rings is 1. The molecule has 3 heteroatoms. The highest BCUT2D eigenvalue weighted by atomic mass is 79.9. The van der Waals surface area contributed by atoms with Crippen LogP contribution in [0.25, 0.3) is 0 Å². The summed E-state index contributed by atoms with van der Waals surface area (Å²) in [6.07, 6.45) is 4.23. The number of rotatable bonds is 3. The highest BCUT2D eigenvalue weighted by Crippen LogP contribution is 2.23. The molecule has 1 heterocycles. The smallest absolute Gasteiger partial charge is 0.0935 e. The summed E-state index contributed by atoms with van der Waals surface area (Å²) in [5, 5.41) is 0. The molecule has 16 heavy (non-hydrogen) atoms. The summed E-state index contributed by atoms with van der Waals surface area (Å²) in [5.41, 5.74) is 9.71. The molecule has 2 nitrogen and oxygen atoms in total. The van der Waals surface area contributed by atoms with Gasteiger partial charge in [-0.1, -0.05) is 22.0 Å². The van der Waals surface area contributed by atoms with E-state index in [9.17, 15) is 0 Å². The van der Waals surface area contributed by atoms with Gasteiger partial charge in [0.05, 0.1) is 12.5 Å². The number of hydrogen-bond donors (Lipinski definition) is 1. The van der Waals surface area contributed by atoms with E-state index in [1.165, 1.54) is 11.1 Å². The molecule has 2 N–H and O–H groups in total. The van der Waals surface area contributed by atoms with Crippen molar-refractivity contribution in [2.24, 2.45) is 5.73 Å². The molecule has 1 aromatic carbocycles. The summed E-state index contributed by atoms with van der Waals surface area (Å²) in [7, 11) is 0. The van der Waals surface area contributed by atoms with Gasteiger partial charge in [0.2, 0.25) is 0 Å². The summed E-state index contributed by atoms with van der Waals surface area (Å²) in [5.74, 6) is 0. The van der Waals surface area contributed by atoms with E-state index in [4.69, 9.17) is 10.2 Å². The molecule has 1 aromatic heterocycles. The van der Waals surface area contributed by atoms with E-state index >= 15 is 0 Å². The third-order valence-corrected chi connectivity index (χ3v) is 3.16. The van der Waals surface area contributed by atoms with Crippen LogP contribution in [0, 0.1) is 6.92 Å². The summed E-state index contributed by atoms with van der Waals surface area (Å²) in [6, 6.07) is 8.16. The van der Waals surface area contributed by atoms with Crippen molar-refractivity contribution in [3.05, 3.63) is 58.0 Å². The van der Waals surface area contributed by atoms with Gasteiger partial charge in [0, 0.05) is 10.5 Å². The van der Waals surface area contributed by atoms with E-state index in [2.05, 4.69) is 35.0 Å². The third kappa shape index (κ3) is 2.54. The Hall–Kier alpha value is -1.06. The molecule has 0 amide bonds. The highest BCUT2D eigenvalue weighted by Gasteiger charge is 2.10. The molecule has 0 saturated carbocycles. The van der Waals surface area contributed by atoms with Crippen LogP contribution in [0.1, 0.15) is 22.7 Å². The third-order valence-electron chi connectivity index (χ3n) is 2.67. The van der Waals surface area contributed by atoms with Gasteiger partial charge in [-0.25, -0.2) is 0 Å². The summed E-state index contributed by atoms with van der Waals surface area (Å²) < 4.78 is 6.12. The van der Waals surface area contributed by atoms with Crippen molar-refractivity contribution in [3.8, 4) is 0 Å². The molecule has 2 rings (SSSR count). The fourth-order valence-corrected chi connectivity index (χ4v) is 2.30. The normalized spacial score (nSPS) is 12.7. The fraction of sp³-hybridized carbons (Fsp3) is 0.231. The molecule has 0 aliphatic carbocycles. The second kappa shape index (κ2) is 4.85. The Morgan fingerprint density at radius 1 is 1.38 bits per heavy atom. The molecular formula is C13H14BrNO. The monoisotopic (exact) mass is 279 g/mol. The van der Waals surface area contributed by atoms with Crippen molar-refractivity contribution in [1.82, 2.24) is 0 Å². The summed E-state index contributed by atoms with van der Waals surface area (Å²) in [4.78, 5) is 0. The Labute approximate surface area is 104 Å². The van der Waals surface area contributed by atoms with Gasteiger partial charge in [-0.3, -0.25) is 0 Å². The Morgan fingerprint density at radius 3 is 2.81 bits per heavy atom. The second-order valence-electron chi connectivity index (χ2n) is 3.94. The number of nitrogens with two attached hydrogens (primary N) is 1. The highest BCUT2D eigenvalue weighted by molar-refractivity contribution is 9.10. The van der Waals surface area contributed by atoms with Crippen LogP contribution in [-0.4, -0.2) is 0 Å². The lowest BCUT2D eigenvalue weighted by Crippen LogP contribution is -2.14. The average Bonchev–Trinajstić information content (AvgIpc) is 2.70. The lowest BCUT2D eigenvalue weighted by atomic mass is 9.97. The molecular weight excluding hydrogens is 266 g/mol. The molecule has 0 radical (unpaired) electrons. The molecule has 0 spiro atoms. The van der Waals surface area contributed by atoms with Gasteiger partial charge in [-0.05, 0) is 48.2 Å². The van der Waals surface area contributed by atoms with Crippen molar-refractivity contribution >= 4 is 15.9 Å². The van der Waals surface area contributed by atoms with Crippen molar-refractivity contribution in [3.63, 3.8) is 0 Å². The molecule has 1 unspecified atom stereocenters. The average molecular weight is 280 g/mol. The molecule has 0 saturated heterocycles. The lowest BCUT2D eigenvalue weighted by Gasteiger charge is -2.14. The summed E-state index contributed by atoms with van der Waals surface area (Å²) >= 11 is 3.45. The van der Waals surface area contributed by atoms with Crippen LogP contribution in [0.4, 0.5) is 0 Å².